The number of carbonyl (C=O) groups excluding carboxylic acids is 2. The molecule has 4 nitrogen and oxygen atoms in total. The standard InChI is InChI=1S/C21H22ClFN2O2/c1-13(2)24-20(26)18-12-25(21(27)16-5-3-4-6-19(16)22)11-17(18)14-7-9-15(23)10-8-14/h3-10,13,17-18H,11-12H2,1-2H3,(H,24,26). The summed E-state index contributed by atoms with van der Waals surface area (Å²) in [5, 5.41) is 3.31. The molecule has 6 heteroatoms. The minimum atomic E-state index is -0.399. The first-order valence-electron chi connectivity index (χ1n) is 8.96. The molecule has 1 heterocycles. The number of amides is 2. The van der Waals surface area contributed by atoms with Crippen LogP contribution in [0.1, 0.15) is 35.7 Å². The van der Waals surface area contributed by atoms with Crippen LogP contribution in [0.4, 0.5) is 4.39 Å². The molecule has 1 saturated heterocycles. The number of rotatable bonds is 4. The first-order chi connectivity index (χ1) is 12.9. The van der Waals surface area contributed by atoms with E-state index in [0.29, 0.717) is 23.7 Å². The second kappa shape index (κ2) is 8.09. The van der Waals surface area contributed by atoms with Gasteiger partial charge in [0.15, 0.2) is 0 Å². The highest BCUT2D eigenvalue weighted by atomic mass is 35.5. The van der Waals surface area contributed by atoms with Gasteiger partial charge in [-0.2, -0.15) is 0 Å². The molecule has 2 amide bonds. The highest BCUT2D eigenvalue weighted by Gasteiger charge is 2.41. The number of hydrogen-bond acceptors (Lipinski definition) is 2. The molecule has 0 bridgehead atoms. The molecule has 2 aromatic rings. The molecular weight excluding hydrogens is 367 g/mol. The van der Waals surface area contributed by atoms with E-state index < -0.39 is 5.92 Å². The first-order valence-corrected chi connectivity index (χ1v) is 9.34. The lowest BCUT2D eigenvalue weighted by molar-refractivity contribution is -0.125. The smallest absolute Gasteiger partial charge is 0.255 e. The van der Waals surface area contributed by atoms with Gasteiger partial charge < -0.3 is 10.2 Å². The molecule has 0 spiro atoms. The summed E-state index contributed by atoms with van der Waals surface area (Å²) in [5.41, 5.74) is 1.26. The minimum absolute atomic E-state index is 0.000290. The minimum Gasteiger partial charge on any atom is -0.354 e. The molecular formula is C21H22ClFN2O2. The van der Waals surface area contributed by atoms with Gasteiger partial charge in [0.05, 0.1) is 16.5 Å². The van der Waals surface area contributed by atoms with Crippen molar-refractivity contribution in [1.82, 2.24) is 10.2 Å². The number of hydrogen-bond donors (Lipinski definition) is 1. The van der Waals surface area contributed by atoms with Gasteiger partial charge in [-0.3, -0.25) is 9.59 Å². The lowest BCUT2D eigenvalue weighted by Crippen LogP contribution is -2.39. The van der Waals surface area contributed by atoms with Gasteiger partial charge in [-0.1, -0.05) is 35.9 Å². The largest absolute Gasteiger partial charge is 0.354 e. The maximum Gasteiger partial charge on any atom is 0.255 e. The summed E-state index contributed by atoms with van der Waals surface area (Å²) in [6.07, 6.45) is 0. The van der Waals surface area contributed by atoms with Gasteiger partial charge in [0, 0.05) is 25.0 Å². The number of likely N-dealkylation sites (tertiary alicyclic amines) is 1. The fourth-order valence-electron chi connectivity index (χ4n) is 3.48. The number of halogens is 2. The Hall–Kier alpha value is -2.40. The molecule has 1 fully saturated rings. The third-order valence-corrected chi connectivity index (χ3v) is 5.11. The summed E-state index contributed by atoms with van der Waals surface area (Å²) >= 11 is 6.17. The Morgan fingerprint density at radius 3 is 2.41 bits per heavy atom. The molecule has 142 valence electrons. The van der Waals surface area contributed by atoms with Gasteiger partial charge in [-0.15, -0.1) is 0 Å². The van der Waals surface area contributed by atoms with E-state index in [4.69, 9.17) is 11.6 Å². The van der Waals surface area contributed by atoms with Gasteiger partial charge in [0.1, 0.15) is 5.82 Å². The average Bonchev–Trinajstić information content (AvgIpc) is 3.07. The Balaban J connectivity index is 1.88. The average molecular weight is 389 g/mol. The van der Waals surface area contributed by atoms with Crippen LogP contribution in [-0.2, 0) is 4.79 Å². The lowest BCUT2D eigenvalue weighted by Gasteiger charge is -2.19. The molecule has 3 rings (SSSR count). The summed E-state index contributed by atoms with van der Waals surface area (Å²) in [6.45, 7) is 4.47. The van der Waals surface area contributed by atoms with E-state index in [1.165, 1.54) is 12.1 Å². The molecule has 2 aromatic carbocycles. The van der Waals surface area contributed by atoms with Crippen molar-refractivity contribution in [3.05, 3.63) is 70.5 Å². The molecule has 0 aliphatic carbocycles. The highest BCUT2D eigenvalue weighted by Crippen LogP contribution is 2.34. The number of carbonyl (C=O) groups is 2. The maximum absolute atomic E-state index is 13.3. The molecule has 0 radical (unpaired) electrons. The van der Waals surface area contributed by atoms with Gasteiger partial charge >= 0.3 is 0 Å². The van der Waals surface area contributed by atoms with Gasteiger partial charge in [-0.05, 0) is 43.7 Å². The van der Waals surface area contributed by atoms with Crippen molar-refractivity contribution in [2.75, 3.05) is 13.1 Å². The number of benzene rings is 2. The van der Waals surface area contributed by atoms with E-state index in [1.807, 2.05) is 13.8 Å². The Bertz CT molecular complexity index is 838. The SMILES string of the molecule is CC(C)NC(=O)C1CN(C(=O)c2ccccc2Cl)CC1c1ccc(F)cc1. The molecule has 1 N–H and O–H groups in total. The number of nitrogens with one attached hydrogen (secondary N) is 1. The molecule has 2 unspecified atom stereocenters. The fraction of sp³-hybridized carbons (Fsp3) is 0.333. The van der Waals surface area contributed by atoms with Gasteiger partial charge in [0.2, 0.25) is 5.91 Å². The lowest BCUT2D eigenvalue weighted by atomic mass is 9.88. The summed E-state index contributed by atoms with van der Waals surface area (Å²) in [6, 6.07) is 13.0. The molecule has 2 atom stereocenters. The topological polar surface area (TPSA) is 49.4 Å². The summed E-state index contributed by atoms with van der Waals surface area (Å²) < 4.78 is 13.3. The monoisotopic (exact) mass is 388 g/mol. The van der Waals surface area contributed by atoms with Crippen LogP contribution in [0.5, 0.6) is 0 Å². The van der Waals surface area contributed by atoms with Crippen molar-refractivity contribution in [1.29, 1.82) is 0 Å². The molecule has 0 aromatic heterocycles. The maximum atomic E-state index is 13.3. The van der Waals surface area contributed by atoms with Crippen molar-refractivity contribution < 1.29 is 14.0 Å². The predicted octanol–water partition coefficient (Wildman–Crippen LogP) is 3.86. The Morgan fingerprint density at radius 1 is 1.11 bits per heavy atom. The van der Waals surface area contributed by atoms with E-state index in [9.17, 15) is 14.0 Å². The second-order valence-electron chi connectivity index (χ2n) is 7.12. The van der Waals surface area contributed by atoms with Crippen LogP contribution in [0.15, 0.2) is 48.5 Å². The zero-order valence-corrected chi connectivity index (χ0v) is 16.0. The molecule has 1 aliphatic heterocycles. The van der Waals surface area contributed by atoms with Crippen molar-refractivity contribution in [2.45, 2.75) is 25.8 Å². The summed E-state index contributed by atoms with van der Waals surface area (Å²) in [4.78, 5) is 27.3. The zero-order valence-electron chi connectivity index (χ0n) is 15.3. The Kier molecular flexibility index (Phi) is 5.80. The van der Waals surface area contributed by atoms with Gasteiger partial charge in [0.25, 0.3) is 5.91 Å². The van der Waals surface area contributed by atoms with Crippen LogP contribution in [0.2, 0.25) is 5.02 Å². The number of nitrogens with zero attached hydrogens (tertiary/aromatic N) is 1. The fourth-order valence-corrected chi connectivity index (χ4v) is 3.70. The van der Waals surface area contributed by atoms with E-state index in [2.05, 4.69) is 5.32 Å². The van der Waals surface area contributed by atoms with E-state index >= 15 is 0 Å². The highest BCUT2D eigenvalue weighted by molar-refractivity contribution is 6.33. The van der Waals surface area contributed by atoms with Crippen molar-refractivity contribution >= 4 is 23.4 Å². The Morgan fingerprint density at radius 2 is 1.78 bits per heavy atom. The van der Waals surface area contributed by atoms with Crippen molar-refractivity contribution in [3.8, 4) is 0 Å². The van der Waals surface area contributed by atoms with Gasteiger partial charge in [-0.25, -0.2) is 4.39 Å². The second-order valence-corrected chi connectivity index (χ2v) is 7.53. The van der Waals surface area contributed by atoms with Crippen LogP contribution in [0.25, 0.3) is 0 Å². The van der Waals surface area contributed by atoms with Crippen molar-refractivity contribution in [3.63, 3.8) is 0 Å². The van der Waals surface area contributed by atoms with E-state index in [-0.39, 0.29) is 29.6 Å². The molecule has 27 heavy (non-hydrogen) atoms. The normalized spacial score (nSPS) is 19.4. The molecule has 1 aliphatic rings. The van der Waals surface area contributed by atoms with E-state index in [0.717, 1.165) is 5.56 Å². The van der Waals surface area contributed by atoms with Crippen LogP contribution >= 0.6 is 11.6 Å². The predicted molar refractivity (Wildman–Crippen MR) is 103 cm³/mol. The first kappa shape index (κ1) is 19.4. The van der Waals surface area contributed by atoms with E-state index in [1.54, 1.807) is 41.3 Å². The van der Waals surface area contributed by atoms with Crippen molar-refractivity contribution in [2.24, 2.45) is 5.92 Å². The summed E-state index contributed by atoms with van der Waals surface area (Å²) in [7, 11) is 0. The van der Waals surface area contributed by atoms with Crippen LogP contribution in [0.3, 0.4) is 0 Å². The van der Waals surface area contributed by atoms with Crippen LogP contribution in [0, 0.1) is 11.7 Å². The summed E-state index contributed by atoms with van der Waals surface area (Å²) in [5.74, 6) is -1.23. The quantitative estimate of drug-likeness (QED) is 0.864. The zero-order chi connectivity index (χ0) is 19.6. The Labute approximate surface area is 163 Å². The molecule has 0 saturated carbocycles. The third-order valence-electron chi connectivity index (χ3n) is 4.78. The van der Waals surface area contributed by atoms with Crippen LogP contribution < -0.4 is 5.32 Å². The van der Waals surface area contributed by atoms with Crippen LogP contribution in [-0.4, -0.2) is 35.8 Å². The third kappa shape index (κ3) is 4.30.